The van der Waals surface area contributed by atoms with Gasteiger partial charge in [-0.2, -0.15) is 0 Å². The molecule has 4 atom stereocenters. The van der Waals surface area contributed by atoms with Gasteiger partial charge in [0.1, 0.15) is 11.6 Å². The van der Waals surface area contributed by atoms with Gasteiger partial charge in [0.2, 0.25) is 0 Å². The van der Waals surface area contributed by atoms with Crippen molar-refractivity contribution >= 4 is 11.6 Å². The number of halogens is 1. The van der Waals surface area contributed by atoms with Crippen molar-refractivity contribution < 1.29 is 4.74 Å². The SMILES string of the molecule is CC1OC(C)C(c2nnc(CCl)n2C2CC2)C1C. The highest BCUT2D eigenvalue weighted by molar-refractivity contribution is 6.16. The van der Waals surface area contributed by atoms with Crippen molar-refractivity contribution in [2.24, 2.45) is 5.92 Å². The van der Waals surface area contributed by atoms with Crippen LogP contribution in [-0.2, 0) is 10.6 Å². The normalized spacial score (nSPS) is 36.2. The van der Waals surface area contributed by atoms with E-state index in [2.05, 4.69) is 35.5 Å². The fourth-order valence-electron chi connectivity index (χ4n) is 3.10. The van der Waals surface area contributed by atoms with E-state index in [1.54, 1.807) is 0 Å². The molecule has 1 saturated heterocycles. The van der Waals surface area contributed by atoms with Crippen LogP contribution in [0.3, 0.4) is 0 Å². The van der Waals surface area contributed by atoms with Crippen LogP contribution in [0.1, 0.15) is 57.2 Å². The molecule has 3 rings (SSSR count). The van der Waals surface area contributed by atoms with Crippen LogP contribution in [0.15, 0.2) is 0 Å². The molecule has 0 bridgehead atoms. The molecule has 0 aromatic carbocycles. The molecule has 100 valence electrons. The third-order valence-corrected chi connectivity index (χ3v) is 4.60. The maximum atomic E-state index is 5.97. The second-order valence-corrected chi connectivity index (χ2v) is 5.91. The van der Waals surface area contributed by atoms with Crippen molar-refractivity contribution in [1.29, 1.82) is 0 Å². The molecule has 1 aromatic rings. The fraction of sp³-hybridized carbons (Fsp3) is 0.846. The van der Waals surface area contributed by atoms with E-state index in [0.717, 1.165) is 11.6 Å². The van der Waals surface area contributed by atoms with Crippen molar-refractivity contribution in [1.82, 2.24) is 14.8 Å². The monoisotopic (exact) mass is 269 g/mol. The first-order valence-electron chi connectivity index (χ1n) is 6.78. The molecule has 5 heteroatoms. The number of alkyl halides is 1. The molecule has 0 radical (unpaired) electrons. The lowest BCUT2D eigenvalue weighted by Gasteiger charge is -2.19. The van der Waals surface area contributed by atoms with Gasteiger partial charge in [-0.3, -0.25) is 0 Å². The van der Waals surface area contributed by atoms with E-state index in [1.807, 2.05) is 0 Å². The molecular formula is C13H20ClN3O. The molecule has 2 fully saturated rings. The minimum absolute atomic E-state index is 0.208. The largest absolute Gasteiger partial charge is 0.374 e. The first kappa shape index (κ1) is 12.4. The average Bonchev–Trinajstić information content (AvgIpc) is 3.04. The standard InChI is InChI=1S/C13H20ClN3O/c1-7-8(2)18-9(3)12(7)13-16-15-11(6-14)17(13)10-4-5-10/h7-10,12H,4-6H2,1-3H3. The van der Waals surface area contributed by atoms with Gasteiger partial charge < -0.3 is 9.30 Å². The number of aromatic nitrogens is 3. The molecule has 1 aromatic heterocycles. The Morgan fingerprint density at radius 2 is 1.94 bits per heavy atom. The molecule has 1 saturated carbocycles. The molecule has 1 aliphatic carbocycles. The number of hydrogen-bond donors (Lipinski definition) is 0. The van der Waals surface area contributed by atoms with E-state index in [9.17, 15) is 0 Å². The number of hydrogen-bond acceptors (Lipinski definition) is 3. The van der Waals surface area contributed by atoms with Crippen LogP contribution in [0.4, 0.5) is 0 Å². The first-order chi connectivity index (χ1) is 8.63. The van der Waals surface area contributed by atoms with Crippen LogP contribution in [0.5, 0.6) is 0 Å². The summed E-state index contributed by atoms with van der Waals surface area (Å²) in [5.41, 5.74) is 0. The van der Waals surface area contributed by atoms with Gasteiger partial charge in [-0.05, 0) is 32.6 Å². The molecule has 18 heavy (non-hydrogen) atoms. The fourth-order valence-corrected chi connectivity index (χ4v) is 3.28. The Morgan fingerprint density at radius 3 is 2.44 bits per heavy atom. The zero-order valence-electron chi connectivity index (χ0n) is 11.1. The minimum atomic E-state index is 0.208. The molecule has 0 N–H and O–H groups in total. The summed E-state index contributed by atoms with van der Waals surface area (Å²) in [5, 5.41) is 8.67. The molecule has 4 unspecified atom stereocenters. The average molecular weight is 270 g/mol. The van der Waals surface area contributed by atoms with E-state index in [-0.39, 0.29) is 12.2 Å². The summed E-state index contributed by atoms with van der Waals surface area (Å²) in [6, 6.07) is 0.569. The summed E-state index contributed by atoms with van der Waals surface area (Å²) < 4.78 is 8.19. The molecule has 1 aliphatic heterocycles. The van der Waals surface area contributed by atoms with Crippen molar-refractivity contribution in [2.75, 3.05) is 0 Å². The number of nitrogens with zero attached hydrogens (tertiary/aromatic N) is 3. The van der Waals surface area contributed by atoms with Crippen LogP contribution < -0.4 is 0 Å². The predicted octanol–water partition coefficient (Wildman–Crippen LogP) is 2.88. The van der Waals surface area contributed by atoms with E-state index < -0.39 is 0 Å². The Balaban J connectivity index is 1.98. The number of rotatable bonds is 3. The highest BCUT2D eigenvalue weighted by Gasteiger charge is 2.43. The lowest BCUT2D eigenvalue weighted by atomic mass is 9.89. The molecule has 0 spiro atoms. The third kappa shape index (κ3) is 1.86. The minimum Gasteiger partial charge on any atom is -0.374 e. The zero-order chi connectivity index (χ0) is 12.9. The molecule has 2 aliphatic rings. The summed E-state index contributed by atoms with van der Waals surface area (Å²) in [5.74, 6) is 3.25. The summed E-state index contributed by atoms with van der Waals surface area (Å²) in [7, 11) is 0. The Kier molecular flexibility index (Phi) is 3.10. The van der Waals surface area contributed by atoms with Gasteiger partial charge in [0.15, 0.2) is 0 Å². The highest BCUT2D eigenvalue weighted by atomic mass is 35.5. The van der Waals surface area contributed by atoms with Crippen molar-refractivity contribution in [2.45, 2.75) is 63.7 Å². The van der Waals surface area contributed by atoms with Crippen LogP contribution in [0.25, 0.3) is 0 Å². The topological polar surface area (TPSA) is 39.9 Å². The third-order valence-electron chi connectivity index (χ3n) is 4.36. The predicted molar refractivity (Wildman–Crippen MR) is 69.8 cm³/mol. The summed E-state index contributed by atoms with van der Waals surface area (Å²) >= 11 is 5.97. The van der Waals surface area contributed by atoms with Gasteiger partial charge >= 0.3 is 0 Å². The van der Waals surface area contributed by atoms with E-state index in [0.29, 0.717) is 23.8 Å². The van der Waals surface area contributed by atoms with Gasteiger partial charge in [0, 0.05) is 6.04 Å². The van der Waals surface area contributed by atoms with Gasteiger partial charge in [0.05, 0.1) is 24.0 Å². The van der Waals surface area contributed by atoms with Crippen molar-refractivity contribution in [3.05, 3.63) is 11.6 Å². The molecule has 2 heterocycles. The van der Waals surface area contributed by atoms with E-state index in [1.165, 1.54) is 12.8 Å². The molecular weight excluding hydrogens is 250 g/mol. The lowest BCUT2D eigenvalue weighted by Crippen LogP contribution is -2.20. The van der Waals surface area contributed by atoms with E-state index in [4.69, 9.17) is 16.3 Å². The van der Waals surface area contributed by atoms with Crippen molar-refractivity contribution in [3.8, 4) is 0 Å². The Labute approximate surface area is 113 Å². The van der Waals surface area contributed by atoms with Gasteiger partial charge in [-0.15, -0.1) is 21.8 Å². The van der Waals surface area contributed by atoms with Crippen LogP contribution in [0.2, 0.25) is 0 Å². The second-order valence-electron chi connectivity index (χ2n) is 5.64. The van der Waals surface area contributed by atoms with Crippen LogP contribution in [0, 0.1) is 5.92 Å². The molecule has 4 nitrogen and oxygen atoms in total. The van der Waals surface area contributed by atoms with Crippen LogP contribution >= 0.6 is 11.6 Å². The Hall–Kier alpha value is -0.610. The molecule has 0 amide bonds. The highest BCUT2D eigenvalue weighted by Crippen LogP contribution is 2.44. The summed E-state index contributed by atoms with van der Waals surface area (Å²) in [6.07, 6.45) is 2.94. The van der Waals surface area contributed by atoms with Gasteiger partial charge in [-0.1, -0.05) is 6.92 Å². The van der Waals surface area contributed by atoms with Crippen LogP contribution in [-0.4, -0.2) is 27.0 Å². The van der Waals surface area contributed by atoms with E-state index >= 15 is 0 Å². The lowest BCUT2D eigenvalue weighted by molar-refractivity contribution is 0.0551. The Bertz CT molecular complexity index is 443. The Morgan fingerprint density at radius 1 is 1.22 bits per heavy atom. The van der Waals surface area contributed by atoms with Gasteiger partial charge in [-0.25, -0.2) is 0 Å². The summed E-state index contributed by atoms with van der Waals surface area (Å²) in [6.45, 7) is 6.52. The maximum absolute atomic E-state index is 5.97. The van der Waals surface area contributed by atoms with Crippen molar-refractivity contribution in [3.63, 3.8) is 0 Å². The first-order valence-corrected chi connectivity index (χ1v) is 7.32. The summed E-state index contributed by atoms with van der Waals surface area (Å²) in [4.78, 5) is 0. The smallest absolute Gasteiger partial charge is 0.148 e. The zero-order valence-corrected chi connectivity index (χ0v) is 11.9. The van der Waals surface area contributed by atoms with Gasteiger partial charge in [0.25, 0.3) is 0 Å². The maximum Gasteiger partial charge on any atom is 0.148 e. The second kappa shape index (κ2) is 4.49. The number of ether oxygens (including phenoxy) is 1. The quantitative estimate of drug-likeness (QED) is 0.792.